The molecule has 6 heteroatoms. The van der Waals surface area contributed by atoms with Crippen LogP contribution >= 0.6 is 0 Å². The molecule has 176 valence electrons. The normalized spacial score (nSPS) is 28.0. The van der Waals surface area contributed by atoms with Crippen LogP contribution in [0.4, 0.5) is 5.69 Å². The van der Waals surface area contributed by atoms with E-state index in [1.807, 2.05) is 21.9 Å². The van der Waals surface area contributed by atoms with Gasteiger partial charge in [-0.1, -0.05) is 26.0 Å². The van der Waals surface area contributed by atoms with Crippen molar-refractivity contribution in [2.24, 2.45) is 11.8 Å². The van der Waals surface area contributed by atoms with Gasteiger partial charge >= 0.3 is 0 Å². The van der Waals surface area contributed by atoms with Crippen LogP contribution in [0, 0.1) is 11.8 Å². The first-order chi connectivity index (χ1) is 15.3. The number of carbonyl (C=O) groups excluding carboxylic acids is 2. The van der Waals surface area contributed by atoms with Crippen molar-refractivity contribution in [3.8, 4) is 0 Å². The zero-order valence-electron chi connectivity index (χ0n) is 20.1. The van der Waals surface area contributed by atoms with Crippen molar-refractivity contribution in [1.29, 1.82) is 0 Å². The van der Waals surface area contributed by atoms with Crippen molar-refractivity contribution >= 4 is 17.5 Å². The summed E-state index contributed by atoms with van der Waals surface area (Å²) in [6.07, 6.45) is 3.02. The number of anilines is 1. The lowest BCUT2D eigenvalue weighted by Gasteiger charge is -2.39. The smallest absolute Gasteiger partial charge is 0.228 e. The summed E-state index contributed by atoms with van der Waals surface area (Å²) in [6, 6.07) is 8.18. The van der Waals surface area contributed by atoms with Crippen LogP contribution in [0.5, 0.6) is 0 Å². The number of rotatable bonds is 5. The van der Waals surface area contributed by atoms with Crippen molar-refractivity contribution in [2.75, 3.05) is 44.2 Å². The van der Waals surface area contributed by atoms with Crippen LogP contribution < -0.4 is 4.90 Å². The molecule has 0 N–H and O–H groups in total. The van der Waals surface area contributed by atoms with Crippen LogP contribution in [0.3, 0.4) is 0 Å². The molecule has 6 nitrogen and oxygen atoms in total. The Morgan fingerprint density at radius 2 is 1.78 bits per heavy atom. The van der Waals surface area contributed by atoms with Crippen LogP contribution in [-0.4, -0.2) is 73.1 Å². The monoisotopic (exact) mass is 441 g/mol. The Bertz CT molecular complexity index is 808. The van der Waals surface area contributed by atoms with E-state index < -0.39 is 0 Å². The van der Waals surface area contributed by atoms with Gasteiger partial charge in [0.05, 0.1) is 18.1 Å². The molecule has 3 aliphatic heterocycles. The van der Waals surface area contributed by atoms with E-state index in [1.165, 1.54) is 5.56 Å². The van der Waals surface area contributed by atoms with Crippen LogP contribution in [0.2, 0.25) is 0 Å². The summed E-state index contributed by atoms with van der Waals surface area (Å²) in [6.45, 7) is 13.8. The van der Waals surface area contributed by atoms with Crippen molar-refractivity contribution in [1.82, 2.24) is 9.80 Å². The highest BCUT2D eigenvalue weighted by atomic mass is 16.5. The highest BCUT2D eigenvalue weighted by Crippen LogP contribution is 2.30. The summed E-state index contributed by atoms with van der Waals surface area (Å²) in [5.74, 6) is 1.05. The number of amides is 2. The largest absolute Gasteiger partial charge is 0.373 e. The number of hydrogen-bond acceptors (Lipinski definition) is 4. The molecule has 32 heavy (non-hydrogen) atoms. The van der Waals surface area contributed by atoms with Gasteiger partial charge in [-0.3, -0.25) is 14.5 Å². The number of piperidine rings is 1. The maximum absolute atomic E-state index is 13.2. The third kappa shape index (κ3) is 5.34. The minimum atomic E-state index is -0.220. The van der Waals surface area contributed by atoms with Crippen molar-refractivity contribution in [3.63, 3.8) is 0 Å². The fourth-order valence-corrected chi connectivity index (χ4v) is 5.57. The molecule has 0 aromatic heterocycles. The lowest BCUT2D eigenvalue weighted by atomic mass is 9.94. The van der Waals surface area contributed by atoms with Gasteiger partial charge in [-0.25, -0.2) is 0 Å². The van der Waals surface area contributed by atoms with Gasteiger partial charge in [-0.15, -0.1) is 0 Å². The molecular weight excluding hydrogens is 402 g/mol. The van der Waals surface area contributed by atoms with Gasteiger partial charge in [-0.2, -0.15) is 0 Å². The van der Waals surface area contributed by atoms with Crippen molar-refractivity contribution in [2.45, 2.75) is 65.1 Å². The lowest BCUT2D eigenvalue weighted by molar-refractivity contribution is -0.137. The number of carbonyl (C=O) groups is 2. The Labute approximate surface area is 192 Å². The fraction of sp³-hybridized carbons (Fsp3) is 0.692. The van der Waals surface area contributed by atoms with E-state index in [-0.39, 0.29) is 17.7 Å². The van der Waals surface area contributed by atoms with Crippen LogP contribution in [0.1, 0.15) is 58.4 Å². The maximum atomic E-state index is 13.2. The van der Waals surface area contributed by atoms with E-state index in [0.717, 1.165) is 51.3 Å². The van der Waals surface area contributed by atoms with E-state index in [0.29, 0.717) is 37.0 Å². The third-order valence-electron chi connectivity index (χ3n) is 7.26. The molecule has 3 atom stereocenters. The Hall–Kier alpha value is -1.92. The first kappa shape index (κ1) is 23.2. The Kier molecular flexibility index (Phi) is 7.21. The van der Waals surface area contributed by atoms with Crippen LogP contribution in [-0.2, 0) is 14.3 Å². The van der Waals surface area contributed by atoms with Gasteiger partial charge in [0.25, 0.3) is 0 Å². The third-order valence-corrected chi connectivity index (χ3v) is 7.26. The summed E-state index contributed by atoms with van der Waals surface area (Å²) in [4.78, 5) is 32.3. The SMILES string of the molecule is CC1CN(CC2CCN(C(=O)C3CC(=O)N(c4cccc(C(C)C)c4)C3)CC2)CC(C)O1. The second-order valence-electron chi connectivity index (χ2n) is 10.4. The molecule has 0 bridgehead atoms. The van der Waals surface area contributed by atoms with E-state index in [4.69, 9.17) is 4.74 Å². The topological polar surface area (TPSA) is 53.1 Å². The number of benzene rings is 1. The van der Waals surface area contributed by atoms with E-state index in [2.05, 4.69) is 44.7 Å². The molecule has 0 saturated carbocycles. The summed E-state index contributed by atoms with van der Waals surface area (Å²) in [5, 5.41) is 0. The minimum Gasteiger partial charge on any atom is -0.373 e. The van der Waals surface area contributed by atoms with Gasteiger partial charge < -0.3 is 14.5 Å². The second kappa shape index (κ2) is 9.92. The summed E-state index contributed by atoms with van der Waals surface area (Å²) < 4.78 is 5.85. The first-order valence-corrected chi connectivity index (χ1v) is 12.4. The molecule has 3 fully saturated rings. The van der Waals surface area contributed by atoms with Gasteiger partial charge in [0.2, 0.25) is 11.8 Å². The fourth-order valence-electron chi connectivity index (χ4n) is 5.57. The average Bonchev–Trinajstić information content (AvgIpc) is 3.15. The number of likely N-dealkylation sites (tertiary alicyclic amines) is 1. The molecular formula is C26H39N3O3. The molecule has 3 unspecified atom stereocenters. The Balaban J connectivity index is 1.29. The standard InChI is InChI=1S/C26H39N3O3/c1-18(2)22-6-5-7-24(12-22)29-17-23(13-25(29)30)26(31)28-10-8-21(9-11-28)16-27-14-19(3)32-20(4)15-27/h5-7,12,18-21,23H,8-11,13-17H2,1-4H3. The average molecular weight is 442 g/mol. The molecule has 3 saturated heterocycles. The first-order valence-electron chi connectivity index (χ1n) is 12.4. The molecule has 3 aliphatic rings. The molecule has 0 radical (unpaired) electrons. The molecule has 1 aromatic carbocycles. The number of hydrogen-bond donors (Lipinski definition) is 0. The summed E-state index contributed by atoms with van der Waals surface area (Å²) in [5.41, 5.74) is 2.14. The van der Waals surface area contributed by atoms with Gasteiger partial charge in [-0.05, 0) is 56.2 Å². The van der Waals surface area contributed by atoms with Gasteiger partial charge in [0.1, 0.15) is 0 Å². The Morgan fingerprint density at radius 3 is 2.44 bits per heavy atom. The summed E-state index contributed by atoms with van der Waals surface area (Å²) >= 11 is 0. The van der Waals surface area contributed by atoms with E-state index >= 15 is 0 Å². The molecule has 0 spiro atoms. The number of ether oxygens (including phenoxy) is 1. The van der Waals surface area contributed by atoms with E-state index in [9.17, 15) is 9.59 Å². The molecule has 1 aromatic rings. The summed E-state index contributed by atoms with van der Waals surface area (Å²) in [7, 11) is 0. The molecule has 0 aliphatic carbocycles. The highest BCUT2D eigenvalue weighted by Gasteiger charge is 2.38. The maximum Gasteiger partial charge on any atom is 0.228 e. The molecule has 2 amide bonds. The van der Waals surface area contributed by atoms with Crippen molar-refractivity contribution < 1.29 is 14.3 Å². The predicted molar refractivity (Wildman–Crippen MR) is 127 cm³/mol. The molecule has 4 rings (SSSR count). The molecule has 3 heterocycles. The number of nitrogens with zero attached hydrogens (tertiary/aromatic N) is 3. The second-order valence-corrected chi connectivity index (χ2v) is 10.4. The lowest BCUT2D eigenvalue weighted by Crippen LogP contribution is -2.49. The van der Waals surface area contributed by atoms with Gasteiger partial charge in [0, 0.05) is 51.4 Å². The van der Waals surface area contributed by atoms with Crippen molar-refractivity contribution in [3.05, 3.63) is 29.8 Å². The number of morpholine rings is 1. The predicted octanol–water partition coefficient (Wildman–Crippen LogP) is 3.51. The zero-order chi connectivity index (χ0) is 22.8. The highest BCUT2D eigenvalue weighted by molar-refractivity contribution is 6.00. The van der Waals surface area contributed by atoms with Gasteiger partial charge in [0.15, 0.2) is 0 Å². The van der Waals surface area contributed by atoms with Crippen LogP contribution in [0.15, 0.2) is 24.3 Å². The minimum absolute atomic E-state index is 0.0645. The quantitative estimate of drug-likeness (QED) is 0.702. The van der Waals surface area contributed by atoms with Crippen LogP contribution in [0.25, 0.3) is 0 Å². The Morgan fingerprint density at radius 1 is 1.09 bits per heavy atom. The zero-order valence-corrected chi connectivity index (χ0v) is 20.1. The van der Waals surface area contributed by atoms with E-state index in [1.54, 1.807) is 0 Å².